The van der Waals surface area contributed by atoms with E-state index < -0.39 is 6.09 Å². The zero-order valence-electron chi connectivity index (χ0n) is 10.7. The van der Waals surface area contributed by atoms with Crippen LogP contribution in [-0.2, 0) is 0 Å². The van der Waals surface area contributed by atoms with Crippen molar-refractivity contribution < 1.29 is 14.6 Å². The van der Waals surface area contributed by atoms with Crippen molar-refractivity contribution >= 4 is 11.8 Å². The van der Waals surface area contributed by atoms with E-state index in [9.17, 15) is 10.1 Å². The van der Waals surface area contributed by atoms with Crippen LogP contribution in [0.5, 0.6) is 5.75 Å². The van der Waals surface area contributed by atoms with E-state index in [0.29, 0.717) is 37.5 Å². The molecule has 0 saturated carbocycles. The van der Waals surface area contributed by atoms with Gasteiger partial charge < -0.3 is 19.6 Å². The second kappa shape index (κ2) is 5.48. The SMILES string of the molecule is COc1cccc(N2CCN(C(=O)O)CC2)c1C#N. The number of amides is 1. The third kappa shape index (κ3) is 2.55. The van der Waals surface area contributed by atoms with E-state index in [1.54, 1.807) is 6.07 Å². The lowest BCUT2D eigenvalue weighted by molar-refractivity contribution is 0.142. The Bertz CT molecular complexity index is 516. The molecule has 0 aliphatic carbocycles. The fourth-order valence-electron chi connectivity index (χ4n) is 2.20. The summed E-state index contributed by atoms with van der Waals surface area (Å²) in [7, 11) is 1.53. The highest BCUT2D eigenvalue weighted by atomic mass is 16.5. The average molecular weight is 261 g/mol. The first-order valence-corrected chi connectivity index (χ1v) is 5.97. The first-order chi connectivity index (χ1) is 9.17. The number of carbonyl (C=O) groups is 1. The Morgan fingerprint density at radius 1 is 1.37 bits per heavy atom. The monoisotopic (exact) mass is 261 g/mol. The van der Waals surface area contributed by atoms with Gasteiger partial charge in [-0.05, 0) is 12.1 Å². The third-order valence-corrected chi connectivity index (χ3v) is 3.23. The Morgan fingerprint density at radius 3 is 2.58 bits per heavy atom. The summed E-state index contributed by atoms with van der Waals surface area (Å²) in [5.41, 5.74) is 1.29. The molecule has 1 aromatic carbocycles. The van der Waals surface area contributed by atoms with E-state index in [1.807, 2.05) is 17.0 Å². The number of methoxy groups -OCH3 is 1. The largest absolute Gasteiger partial charge is 0.495 e. The maximum atomic E-state index is 10.9. The third-order valence-electron chi connectivity index (χ3n) is 3.23. The summed E-state index contributed by atoms with van der Waals surface area (Å²) < 4.78 is 5.17. The van der Waals surface area contributed by atoms with E-state index in [0.717, 1.165) is 5.69 Å². The lowest BCUT2D eigenvalue weighted by Crippen LogP contribution is -2.48. The summed E-state index contributed by atoms with van der Waals surface area (Å²) in [5.74, 6) is 0.542. The molecule has 1 saturated heterocycles. The highest BCUT2D eigenvalue weighted by Crippen LogP contribution is 2.29. The van der Waals surface area contributed by atoms with Gasteiger partial charge in [0.05, 0.1) is 12.8 Å². The van der Waals surface area contributed by atoms with Crippen LogP contribution in [0.3, 0.4) is 0 Å². The van der Waals surface area contributed by atoms with Crippen LogP contribution >= 0.6 is 0 Å². The summed E-state index contributed by atoms with van der Waals surface area (Å²) in [6, 6.07) is 7.59. The summed E-state index contributed by atoms with van der Waals surface area (Å²) in [6.45, 7) is 2.04. The van der Waals surface area contributed by atoms with Crippen LogP contribution in [-0.4, -0.2) is 49.4 Å². The van der Waals surface area contributed by atoms with Crippen LogP contribution in [0, 0.1) is 11.3 Å². The minimum absolute atomic E-state index is 0.442. The molecule has 1 N–H and O–H groups in total. The molecule has 2 rings (SSSR count). The van der Waals surface area contributed by atoms with E-state index in [2.05, 4.69) is 6.07 Å². The fourth-order valence-corrected chi connectivity index (χ4v) is 2.20. The molecule has 0 aromatic heterocycles. The molecule has 6 heteroatoms. The van der Waals surface area contributed by atoms with Crippen molar-refractivity contribution in [3.63, 3.8) is 0 Å². The van der Waals surface area contributed by atoms with Gasteiger partial charge in [-0.2, -0.15) is 5.26 Å². The summed E-state index contributed by atoms with van der Waals surface area (Å²) in [5, 5.41) is 18.2. The van der Waals surface area contributed by atoms with Gasteiger partial charge in [0.25, 0.3) is 0 Å². The number of nitrogens with zero attached hydrogens (tertiary/aromatic N) is 3. The summed E-state index contributed by atoms with van der Waals surface area (Å²) >= 11 is 0. The van der Waals surface area contributed by atoms with Crippen molar-refractivity contribution in [1.82, 2.24) is 4.90 Å². The number of nitriles is 1. The zero-order chi connectivity index (χ0) is 13.8. The second-order valence-electron chi connectivity index (χ2n) is 4.22. The molecule has 0 unspecified atom stereocenters. The van der Waals surface area contributed by atoms with Gasteiger partial charge in [-0.15, -0.1) is 0 Å². The topological polar surface area (TPSA) is 76.8 Å². The standard InChI is InChI=1S/C13H15N3O3/c1-19-12-4-2-3-11(10(12)9-14)15-5-7-16(8-6-15)13(17)18/h2-4H,5-8H2,1H3,(H,17,18). The normalized spacial score (nSPS) is 14.9. The molecular weight excluding hydrogens is 246 g/mol. The molecule has 1 amide bonds. The van der Waals surface area contributed by atoms with Crippen molar-refractivity contribution in [2.75, 3.05) is 38.2 Å². The smallest absolute Gasteiger partial charge is 0.407 e. The second-order valence-corrected chi connectivity index (χ2v) is 4.22. The molecular formula is C13H15N3O3. The van der Waals surface area contributed by atoms with Gasteiger partial charge in [0.2, 0.25) is 0 Å². The van der Waals surface area contributed by atoms with Gasteiger partial charge in [-0.25, -0.2) is 4.79 Å². The lowest BCUT2D eigenvalue weighted by atomic mass is 10.1. The van der Waals surface area contributed by atoms with Crippen molar-refractivity contribution in [3.05, 3.63) is 23.8 Å². The predicted molar refractivity (Wildman–Crippen MR) is 69.5 cm³/mol. The molecule has 0 radical (unpaired) electrons. The van der Waals surface area contributed by atoms with Crippen LogP contribution < -0.4 is 9.64 Å². The Labute approximate surface area is 111 Å². The molecule has 19 heavy (non-hydrogen) atoms. The van der Waals surface area contributed by atoms with Crippen LogP contribution in [0.1, 0.15) is 5.56 Å². The molecule has 1 fully saturated rings. The van der Waals surface area contributed by atoms with Crippen LogP contribution in [0.15, 0.2) is 18.2 Å². The summed E-state index contributed by atoms with van der Waals surface area (Å²) in [4.78, 5) is 14.2. The van der Waals surface area contributed by atoms with Crippen LogP contribution in [0.2, 0.25) is 0 Å². The number of carboxylic acid groups (broad SMARTS) is 1. The Hall–Kier alpha value is -2.42. The molecule has 0 spiro atoms. The van der Waals surface area contributed by atoms with Gasteiger partial charge >= 0.3 is 6.09 Å². The Morgan fingerprint density at radius 2 is 2.05 bits per heavy atom. The predicted octanol–water partition coefficient (Wildman–Crippen LogP) is 1.37. The maximum Gasteiger partial charge on any atom is 0.407 e. The zero-order valence-corrected chi connectivity index (χ0v) is 10.7. The molecule has 0 bridgehead atoms. The first-order valence-electron chi connectivity index (χ1n) is 5.97. The van der Waals surface area contributed by atoms with Crippen molar-refractivity contribution in [1.29, 1.82) is 5.26 Å². The van der Waals surface area contributed by atoms with Gasteiger partial charge in [-0.1, -0.05) is 6.07 Å². The number of rotatable bonds is 2. The molecule has 100 valence electrons. The highest BCUT2D eigenvalue weighted by Gasteiger charge is 2.23. The van der Waals surface area contributed by atoms with Crippen LogP contribution in [0.25, 0.3) is 0 Å². The quantitative estimate of drug-likeness (QED) is 0.870. The first kappa shape index (κ1) is 13.0. The van der Waals surface area contributed by atoms with Gasteiger partial charge in [0, 0.05) is 26.2 Å². The molecule has 1 aromatic rings. The minimum atomic E-state index is -0.897. The van der Waals surface area contributed by atoms with Crippen LogP contribution in [0.4, 0.5) is 10.5 Å². The van der Waals surface area contributed by atoms with Gasteiger partial charge in [0.15, 0.2) is 0 Å². The van der Waals surface area contributed by atoms with E-state index in [-0.39, 0.29) is 0 Å². The van der Waals surface area contributed by atoms with Crippen molar-refractivity contribution in [3.8, 4) is 11.8 Å². The molecule has 1 heterocycles. The lowest BCUT2D eigenvalue weighted by Gasteiger charge is -2.35. The maximum absolute atomic E-state index is 10.9. The molecule has 1 aliphatic heterocycles. The number of ether oxygens (including phenoxy) is 1. The number of anilines is 1. The fraction of sp³-hybridized carbons (Fsp3) is 0.385. The molecule has 0 atom stereocenters. The van der Waals surface area contributed by atoms with E-state index in [1.165, 1.54) is 12.0 Å². The average Bonchev–Trinajstić information content (AvgIpc) is 2.46. The van der Waals surface area contributed by atoms with E-state index in [4.69, 9.17) is 9.84 Å². The van der Waals surface area contributed by atoms with Crippen molar-refractivity contribution in [2.24, 2.45) is 0 Å². The highest BCUT2D eigenvalue weighted by molar-refractivity contribution is 5.67. The number of benzene rings is 1. The molecule has 1 aliphatic rings. The van der Waals surface area contributed by atoms with Gasteiger partial charge in [-0.3, -0.25) is 0 Å². The number of hydrogen-bond donors (Lipinski definition) is 1. The minimum Gasteiger partial charge on any atom is -0.495 e. The van der Waals surface area contributed by atoms with E-state index >= 15 is 0 Å². The van der Waals surface area contributed by atoms with Gasteiger partial charge in [0.1, 0.15) is 17.4 Å². The van der Waals surface area contributed by atoms with Crippen molar-refractivity contribution in [2.45, 2.75) is 0 Å². The number of piperazine rings is 1. The Kier molecular flexibility index (Phi) is 3.76. The molecule has 6 nitrogen and oxygen atoms in total. The summed E-state index contributed by atoms with van der Waals surface area (Å²) in [6.07, 6.45) is -0.897. The Balaban J connectivity index is 2.20. The number of hydrogen-bond acceptors (Lipinski definition) is 4.